The summed E-state index contributed by atoms with van der Waals surface area (Å²) in [5, 5.41) is 2.70. The molecule has 3 aromatic rings. The van der Waals surface area contributed by atoms with Crippen LogP contribution < -0.4 is 10.9 Å². The average Bonchev–Trinajstić information content (AvgIpc) is 3.22. The Balaban J connectivity index is 1.88. The van der Waals surface area contributed by atoms with E-state index in [9.17, 15) is 21.6 Å². The Hall–Kier alpha value is -3.10. The maximum Gasteiger partial charge on any atom is 0.390 e. The van der Waals surface area contributed by atoms with E-state index in [1.165, 1.54) is 24.4 Å². The van der Waals surface area contributed by atoms with E-state index in [0.717, 1.165) is 6.07 Å². The number of oxazole rings is 1. The van der Waals surface area contributed by atoms with Gasteiger partial charge < -0.3 is 14.9 Å². The van der Waals surface area contributed by atoms with Crippen LogP contribution in [0.4, 0.5) is 23.5 Å². The number of ether oxygens (including phenoxy) is 1. The van der Waals surface area contributed by atoms with E-state index in [1.807, 2.05) is 0 Å². The summed E-state index contributed by atoms with van der Waals surface area (Å²) in [5.74, 6) is -1.18. The predicted octanol–water partition coefficient (Wildman–Crippen LogP) is 3.70. The molecule has 4 N–H and O–H groups in total. The van der Waals surface area contributed by atoms with E-state index in [0.29, 0.717) is 26.1 Å². The van der Waals surface area contributed by atoms with Gasteiger partial charge in [0.25, 0.3) is 0 Å². The highest BCUT2D eigenvalue weighted by atomic mass is 32.2. The minimum Gasteiger partial charge on any atom is -0.438 e. The standard InChI is InChI=1S/C21H21F4N5O4S/c22-16-12(15(35(27,31)32)10-21(23,24)25)2-1-3-13(16)17-18(14-4-7-28-20(26)29-14)34-19(30-17)11-5-8-33-9-6-11/h1-4,7,11,15H,5-6,8-10H2,(H2,26,28,29)(H2,27,31,32). The van der Waals surface area contributed by atoms with E-state index in [2.05, 4.69) is 15.0 Å². The number of aromatic nitrogens is 3. The third-order valence-electron chi connectivity index (χ3n) is 5.57. The Labute approximate surface area is 197 Å². The Morgan fingerprint density at radius 3 is 2.49 bits per heavy atom. The highest BCUT2D eigenvalue weighted by molar-refractivity contribution is 7.89. The van der Waals surface area contributed by atoms with Crippen molar-refractivity contribution in [1.82, 2.24) is 15.0 Å². The van der Waals surface area contributed by atoms with Crippen molar-refractivity contribution in [3.63, 3.8) is 0 Å². The smallest absolute Gasteiger partial charge is 0.390 e. The second kappa shape index (κ2) is 9.51. The molecule has 1 aliphatic rings. The number of hydrogen-bond donors (Lipinski definition) is 2. The van der Waals surface area contributed by atoms with Crippen LogP contribution >= 0.6 is 0 Å². The number of nitrogens with two attached hydrogens (primary N) is 2. The van der Waals surface area contributed by atoms with Crippen molar-refractivity contribution < 1.29 is 35.1 Å². The molecule has 1 aromatic carbocycles. The molecule has 0 aliphatic carbocycles. The Morgan fingerprint density at radius 1 is 1.14 bits per heavy atom. The van der Waals surface area contributed by atoms with Gasteiger partial charge in [-0.3, -0.25) is 0 Å². The van der Waals surface area contributed by atoms with Crippen LogP contribution in [0.15, 0.2) is 34.9 Å². The zero-order valence-corrected chi connectivity index (χ0v) is 18.9. The topological polar surface area (TPSA) is 147 Å². The summed E-state index contributed by atoms with van der Waals surface area (Å²) in [5.41, 5.74) is 4.77. The second-order valence-electron chi connectivity index (χ2n) is 8.02. The molecule has 3 heterocycles. The van der Waals surface area contributed by atoms with Crippen molar-refractivity contribution in [2.75, 3.05) is 18.9 Å². The predicted molar refractivity (Wildman–Crippen MR) is 117 cm³/mol. The Morgan fingerprint density at radius 2 is 1.86 bits per heavy atom. The van der Waals surface area contributed by atoms with Gasteiger partial charge in [0.15, 0.2) is 11.7 Å². The molecule has 4 rings (SSSR count). The normalized spacial score (nSPS) is 16.4. The van der Waals surface area contributed by atoms with E-state index >= 15 is 4.39 Å². The fraction of sp³-hybridized carbons (Fsp3) is 0.381. The van der Waals surface area contributed by atoms with Gasteiger partial charge in [0.05, 0.1) is 6.42 Å². The zero-order chi connectivity index (χ0) is 25.4. The van der Waals surface area contributed by atoms with Gasteiger partial charge in [-0.05, 0) is 25.0 Å². The van der Waals surface area contributed by atoms with Gasteiger partial charge in [0, 0.05) is 36.5 Å². The van der Waals surface area contributed by atoms with Crippen LogP contribution in [0.25, 0.3) is 22.7 Å². The fourth-order valence-corrected chi connectivity index (χ4v) is 4.86. The molecule has 1 fully saturated rings. The third kappa shape index (κ3) is 5.60. The summed E-state index contributed by atoms with van der Waals surface area (Å²) in [7, 11) is -4.81. The number of alkyl halides is 3. The fourth-order valence-electron chi connectivity index (χ4n) is 3.91. The second-order valence-corrected chi connectivity index (χ2v) is 9.77. The first-order valence-electron chi connectivity index (χ1n) is 10.5. The third-order valence-corrected chi connectivity index (χ3v) is 6.78. The lowest BCUT2D eigenvalue weighted by Gasteiger charge is -2.19. The summed E-state index contributed by atoms with van der Waals surface area (Å²) in [6.07, 6.45) is -4.23. The SMILES string of the molecule is Nc1nccc(-c2oc(C3CCOCC3)nc2-c2cccc(C(CC(F)(F)F)S(N)(=O)=O)c2F)n1. The minimum absolute atomic E-state index is 0.0135. The number of rotatable bonds is 6. The van der Waals surface area contributed by atoms with Crippen molar-refractivity contribution >= 4 is 16.0 Å². The molecule has 2 aromatic heterocycles. The van der Waals surface area contributed by atoms with Gasteiger partial charge in [-0.25, -0.2) is 32.9 Å². The summed E-state index contributed by atoms with van der Waals surface area (Å²) in [6.45, 7) is 0.936. The molecule has 1 saturated heterocycles. The van der Waals surface area contributed by atoms with Crippen molar-refractivity contribution in [2.45, 2.75) is 36.6 Å². The van der Waals surface area contributed by atoms with Crippen LogP contribution in [0.3, 0.4) is 0 Å². The van der Waals surface area contributed by atoms with Gasteiger partial charge in [-0.15, -0.1) is 0 Å². The summed E-state index contributed by atoms with van der Waals surface area (Å²) in [4.78, 5) is 12.3. The maximum absolute atomic E-state index is 15.7. The first-order chi connectivity index (χ1) is 16.4. The molecule has 1 aliphatic heterocycles. The zero-order valence-electron chi connectivity index (χ0n) is 18.1. The molecule has 1 unspecified atom stereocenters. The number of halogens is 4. The molecule has 9 nitrogen and oxygen atoms in total. The first-order valence-corrected chi connectivity index (χ1v) is 12.1. The van der Waals surface area contributed by atoms with Gasteiger partial charge in [0.2, 0.25) is 16.0 Å². The van der Waals surface area contributed by atoms with Crippen LogP contribution in [0.2, 0.25) is 0 Å². The molecule has 1 atom stereocenters. The molecule has 0 spiro atoms. The number of primary sulfonamides is 1. The van der Waals surface area contributed by atoms with Gasteiger partial charge in [-0.2, -0.15) is 13.2 Å². The molecule has 0 saturated carbocycles. The molecule has 0 amide bonds. The van der Waals surface area contributed by atoms with Crippen molar-refractivity contribution in [1.29, 1.82) is 0 Å². The van der Waals surface area contributed by atoms with E-state index in [4.69, 9.17) is 20.0 Å². The summed E-state index contributed by atoms with van der Waals surface area (Å²) in [6, 6.07) is 4.88. The lowest BCUT2D eigenvalue weighted by Crippen LogP contribution is -2.27. The lowest BCUT2D eigenvalue weighted by atomic mass is 10.00. The van der Waals surface area contributed by atoms with Crippen LogP contribution in [0, 0.1) is 5.82 Å². The minimum atomic E-state index is -4.91. The van der Waals surface area contributed by atoms with Crippen molar-refractivity contribution in [2.24, 2.45) is 5.14 Å². The number of nitrogens with zero attached hydrogens (tertiary/aromatic N) is 3. The van der Waals surface area contributed by atoms with Crippen molar-refractivity contribution in [3.05, 3.63) is 47.7 Å². The monoisotopic (exact) mass is 515 g/mol. The van der Waals surface area contributed by atoms with Crippen LogP contribution in [0.5, 0.6) is 0 Å². The lowest BCUT2D eigenvalue weighted by molar-refractivity contribution is -0.135. The van der Waals surface area contributed by atoms with Gasteiger partial charge >= 0.3 is 6.18 Å². The van der Waals surface area contributed by atoms with Crippen LogP contribution in [-0.2, 0) is 14.8 Å². The number of nitrogen functional groups attached to an aromatic ring is 1. The van der Waals surface area contributed by atoms with Gasteiger partial charge in [0.1, 0.15) is 22.5 Å². The molecule has 35 heavy (non-hydrogen) atoms. The van der Waals surface area contributed by atoms with Gasteiger partial charge in [-0.1, -0.05) is 12.1 Å². The van der Waals surface area contributed by atoms with E-state index in [1.54, 1.807) is 0 Å². The number of hydrogen-bond acceptors (Lipinski definition) is 8. The largest absolute Gasteiger partial charge is 0.438 e. The molecule has 0 bridgehead atoms. The number of anilines is 1. The quantitative estimate of drug-likeness (QED) is 0.473. The van der Waals surface area contributed by atoms with Crippen LogP contribution in [-0.4, -0.2) is 42.8 Å². The number of benzene rings is 1. The van der Waals surface area contributed by atoms with E-state index in [-0.39, 0.29) is 40.5 Å². The Kier molecular flexibility index (Phi) is 6.79. The molecule has 14 heteroatoms. The maximum atomic E-state index is 15.7. The molecule has 0 radical (unpaired) electrons. The summed E-state index contributed by atoms with van der Waals surface area (Å²) >= 11 is 0. The highest BCUT2D eigenvalue weighted by Crippen LogP contribution is 2.41. The average molecular weight is 515 g/mol. The highest BCUT2D eigenvalue weighted by Gasteiger charge is 2.40. The number of sulfonamides is 1. The van der Waals surface area contributed by atoms with E-state index < -0.39 is 39.3 Å². The molecule has 188 valence electrons. The first kappa shape index (κ1) is 25.0. The van der Waals surface area contributed by atoms with Crippen molar-refractivity contribution in [3.8, 4) is 22.7 Å². The Bertz CT molecular complexity index is 1320. The molecular weight excluding hydrogens is 494 g/mol. The summed E-state index contributed by atoms with van der Waals surface area (Å²) < 4.78 is 90.3. The van der Waals surface area contributed by atoms with Crippen LogP contribution in [0.1, 0.15) is 41.9 Å². The molecular formula is C21H21F4N5O4S.